The van der Waals surface area contributed by atoms with Crippen molar-refractivity contribution in [3.63, 3.8) is 0 Å². The first-order valence-electron chi connectivity index (χ1n) is 6.32. The zero-order valence-corrected chi connectivity index (χ0v) is 11.3. The molecule has 0 radical (unpaired) electrons. The second kappa shape index (κ2) is 6.80. The normalized spacial score (nSPS) is 11.4. The minimum Gasteiger partial charge on any atom is -0.406 e. The number of carbonyl (C=O) groups excluding carboxylic acids is 1. The zero-order valence-electron chi connectivity index (χ0n) is 11.3. The molecule has 0 saturated heterocycles. The Labute approximate surface area is 125 Å². The summed E-state index contributed by atoms with van der Waals surface area (Å²) < 4.78 is 39.8. The third-order valence-electron chi connectivity index (χ3n) is 2.58. The quantitative estimate of drug-likeness (QED) is 0.858. The molecule has 0 bridgehead atoms. The molecule has 0 unspecified atom stereocenters. The van der Waals surface area contributed by atoms with Crippen LogP contribution in [0.2, 0.25) is 0 Å². The number of amides is 1. The van der Waals surface area contributed by atoms with Crippen LogP contribution < -0.4 is 10.1 Å². The van der Waals surface area contributed by atoms with E-state index < -0.39 is 6.36 Å². The summed E-state index contributed by atoms with van der Waals surface area (Å²) >= 11 is 0. The number of halogens is 3. The first-order chi connectivity index (χ1) is 10.4. The standard InChI is InChI=1S/C16H12F3NO2/c17-16(18,19)22-14-9-6-12(7-10-14)8-11-15(21)20-13-4-2-1-3-5-13/h1-11H,(H,20,21)/b11-8+. The number of hydrogen-bond acceptors (Lipinski definition) is 2. The molecule has 1 N–H and O–H groups in total. The van der Waals surface area contributed by atoms with Gasteiger partial charge in [0.05, 0.1) is 0 Å². The van der Waals surface area contributed by atoms with Crippen LogP contribution >= 0.6 is 0 Å². The molecule has 0 aliphatic rings. The summed E-state index contributed by atoms with van der Waals surface area (Å²) in [7, 11) is 0. The van der Waals surface area contributed by atoms with Crippen LogP contribution in [0.15, 0.2) is 60.7 Å². The van der Waals surface area contributed by atoms with Crippen molar-refractivity contribution in [3.8, 4) is 5.75 Å². The highest BCUT2D eigenvalue weighted by Gasteiger charge is 2.30. The molecule has 0 aliphatic carbocycles. The van der Waals surface area contributed by atoms with Crippen molar-refractivity contribution in [2.75, 3.05) is 5.32 Å². The number of nitrogens with one attached hydrogen (secondary N) is 1. The van der Waals surface area contributed by atoms with E-state index in [1.54, 1.807) is 24.3 Å². The van der Waals surface area contributed by atoms with E-state index in [2.05, 4.69) is 10.1 Å². The summed E-state index contributed by atoms with van der Waals surface area (Å²) in [6, 6.07) is 14.1. The Morgan fingerprint density at radius 2 is 1.64 bits per heavy atom. The number of anilines is 1. The smallest absolute Gasteiger partial charge is 0.406 e. The molecule has 0 saturated carbocycles. The van der Waals surface area contributed by atoms with E-state index in [9.17, 15) is 18.0 Å². The summed E-state index contributed by atoms with van der Waals surface area (Å²) in [5.74, 6) is -0.639. The highest BCUT2D eigenvalue weighted by Crippen LogP contribution is 2.22. The number of ether oxygens (including phenoxy) is 1. The first-order valence-corrected chi connectivity index (χ1v) is 6.32. The Balaban J connectivity index is 1.94. The number of alkyl halides is 3. The van der Waals surface area contributed by atoms with Crippen LogP contribution in [0.25, 0.3) is 6.08 Å². The average Bonchev–Trinajstić information content (AvgIpc) is 2.46. The average molecular weight is 307 g/mol. The number of carbonyl (C=O) groups is 1. The summed E-state index contributed by atoms with van der Waals surface area (Å²) in [6.45, 7) is 0. The molecule has 0 aromatic heterocycles. The SMILES string of the molecule is O=C(/C=C/c1ccc(OC(F)(F)F)cc1)Nc1ccccc1. The van der Waals surface area contributed by atoms with Crippen molar-refractivity contribution < 1.29 is 22.7 Å². The van der Waals surface area contributed by atoms with Crippen molar-refractivity contribution in [2.24, 2.45) is 0 Å². The summed E-state index contributed by atoms with van der Waals surface area (Å²) in [6.07, 6.45) is -1.92. The predicted molar refractivity (Wildman–Crippen MR) is 77.2 cm³/mol. The molecule has 6 heteroatoms. The Hall–Kier alpha value is -2.76. The van der Waals surface area contributed by atoms with E-state index >= 15 is 0 Å². The predicted octanol–water partition coefficient (Wildman–Crippen LogP) is 4.24. The summed E-state index contributed by atoms with van der Waals surface area (Å²) in [5, 5.41) is 2.66. The maximum Gasteiger partial charge on any atom is 0.573 e. The van der Waals surface area contributed by atoms with Crippen molar-refractivity contribution in [2.45, 2.75) is 6.36 Å². The molecule has 22 heavy (non-hydrogen) atoms. The molecule has 0 fully saturated rings. The molecular weight excluding hydrogens is 295 g/mol. The molecule has 0 heterocycles. The minimum absolute atomic E-state index is 0.307. The Morgan fingerprint density at radius 1 is 1.00 bits per heavy atom. The highest BCUT2D eigenvalue weighted by atomic mass is 19.4. The molecule has 3 nitrogen and oxygen atoms in total. The topological polar surface area (TPSA) is 38.3 Å². The Morgan fingerprint density at radius 3 is 2.23 bits per heavy atom. The Bertz CT molecular complexity index is 649. The van der Waals surface area contributed by atoms with Crippen molar-refractivity contribution >= 4 is 17.7 Å². The second-order valence-electron chi connectivity index (χ2n) is 4.31. The number of hydrogen-bond donors (Lipinski definition) is 1. The van der Waals surface area contributed by atoms with Gasteiger partial charge in [-0.2, -0.15) is 0 Å². The summed E-state index contributed by atoms with van der Waals surface area (Å²) in [4.78, 5) is 11.7. The van der Waals surface area contributed by atoms with Crippen LogP contribution in [0.1, 0.15) is 5.56 Å². The second-order valence-corrected chi connectivity index (χ2v) is 4.31. The highest BCUT2D eigenvalue weighted by molar-refractivity contribution is 6.01. The van der Waals surface area contributed by atoms with Crippen LogP contribution in [0.4, 0.5) is 18.9 Å². The van der Waals surface area contributed by atoms with Gasteiger partial charge in [0.25, 0.3) is 0 Å². The minimum atomic E-state index is -4.72. The van der Waals surface area contributed by atoms with Gasteiger partial charge in [-0.25, -0.2) is 0 Å². The largest absolute Gasteiger partial charge is 0.573 e. The number of rotatable bonds is 4. The monoisotopic (exact) mass is 307 g/mol. The fraction of sp³-hybridized carbons (Fsp3) is 0.0625. The molecule has 2 aromatic carbocycles. The molecule has 1 amide bonds. The van der Waals surface area contributed by atoms with Gasteiger partial charge in [0.2, 0.25) is 5.91 Å². The Kier molecular flexibility index (Phi) is 4.83. The van der Waals surface area contributed by atoms with Crippen LogP contribution in [0.3, 0.4) is 0 Å². The van der Waals surface area contributed by atoms with Gasteiger partial charge in [0, 0.05) is 11.8 Å². The van der Waals surface area contributed by atoms with E-state index in [-0.39, 0.29) is 11.7 Å². The van der Waals surface area contributed by atoms with E-state index in [4.69, 9.17) is 0 Å². The third kappa shape index (κ3) is 5.32. The fourth-order valence-corrected chi connectivity index (χ4v) is 1.66. The number of benzene rings is 2. The maximum atomic E-state index is 12.0. The maximum absolute atomic E-state index is 12.0. The van der Waals surface area contributed by atoms with Crippen molar-refractivity contribution in [3.05, 3.63) is 66.2 Å². The lowest BCUT2D eigenvalue weighted by Crippen LogP contribution is -2.16. The van der Waals surface area contributed by atoms with Gasteiger partial charge in [-0.05, 0) is 35.9 Å². The lowest BCUT2D eigenvalue weighted by atomic mass is 10.2. The summed E-state index contributed by atoms with van der Waals surface area (Å²) in [5.41, 5.74) is 1.24. The van der Waals surface area contributed by atoms with Gasteiger partial charge >= 0.3 is 6.36 Å². The van der Waals surface area contributed by atoms with E-state index in [0.717, 1.165) is 0 Å². The third-order valence-corrected chi connectivity index (χ3v) is 2.58. The van der Waals surface area contributed by atoms with Crippen molar-refractivity contribution in [1.29, 1.82) is 0 Å². The number of para-hydroxylation sites is 1. The molecule has 114 valence electrons. The molecule has 0 atom stereocenters. The molecule has 2 aromatic rings. The van der Waals surface area contributed by atoms with E-state index in [1.165, 1.54) is 36.4 Å². The zero-order chi connectivity index (χ0) is 16.0. The van der Waals surface area contributed by atoms with Gasteiger partial charge < -0.3 is 10.1 Å². The van der Waals surface area contributed by atoms with Gasteiger partial charge in [-0.15, -0.1) is 13.2 Å². The molecule has 0 spiro atoms. The van der Waals surface area contributed by atoms with Gasteiger partial charge in [0.1, 0.15) is 5.75 Å². The first kappa shape index (κ1) is 15.6. The van der Waals surface area contributed by atoms with Crippen molar-refractivity contribution in [1.82, 2.24) is 0 Å². The van der Waals surface area contributed by atoms with Crippen LogP contribution in [-0.4, -0.2) is 12.3 Å². The molecular formula is C16H12F3NO2. The molecule has 2 rings (SSSR count). The van der Waals surface area contributed by atoms with Crippen LogP contribution in [0, 0.1) is 0 Å². The van der Waals surface area contributed by atoms with Gasteiger partial charge in [-0.1, -0.05) is 30.3 Å². The fourth-order valence-electron chi connectivity index (χ4n) is 1.66. The molecule has 0 aliphatic heterocycles. The van der Waals surface area contributed by atoms with Gasteiger partial charge in [0.15, 0.2) is 0 Å². The van der Waals surface area contributed by atoms with Gasteiger partial charge in [-0.3, -0.25) is 4.79 Å². The van der Waals surface area contributed by atoms with E-state index in [0.29, 0.717) is 11.3 Å². The lowest BCUT2D eigenvalue weighted by molar-refractivity contribution is -0.274. The van der Waals surface area contributed by atoms with Crippen LogP contribution in [0.5, 0.6) is 5.75 Å². The van der Waals surface area contributed by atoms with E-state index in [1.807, 2.05) is 6.07 Å². The lowest BCUT2D eigenvalue weighted by Gasteiger charge is -2.08. The van der Waals surface area contributed by atoms with Crippen LogP contribution in [-0.2, 0) is 4.79 Å².